The summed E-state index contributed by atoms with van der Waals surface area (Å²) in [6.07, 6.45) is 0. The molecule has 0 aliphatic heterocycles. The van der Waals surface area contributed by atoms with E-state index in [1.165, 1.54) is 45.3 Å². The van der Waals surface area contributed by atoms with Crippen molar-refractivity contribution in [3.63, 3.8) is 0 Å². The third-order valence-electron chi connectivity index (χ3n) is 5.56. The van der Waals surface area contributed by atoms with E-state index < -0.39 is 0 Å². The second-order valence-electron chi connectivity index (χ2n) is 7.45. The van der Waals surface area contributed by atoms with Gasteiger partial charge >= 0.3 is 209 Å². The van der Waals surface area contributed by atoms with Crippen LogP contribution in [0.4, 0.5) is 0 Å². The first kappa shape index (κ1) is 20.1. The van der Waals surface area contributed by atoms with Gasteiger partial charge in [0.15, 0.2) is 0 Å². The maximum absolute atomic E-state index is 3.77. The van der Waals surface area contributed by atoms with Crippen molar-refractivity contribution in [3.8, 4) is 11.8 Å². The molecule has 0 N–H and O–H groups in total. The summed E-state index contributed by atoms with van der Waals surface area (Å²) in [4.78, 5) is 4.61. The number of hydrogen-bond acceptors (Lipinski definition) is 0. The molecule has 31 heavy (non-hydrogen) atoms. The Morgan fingerprint density at radius 1 is 0.645 bits per heavy atom. The first-order chi connectivity index (χ1) is 15.2. The van der Waals surface area contributed by atoms with Gasteiger partial charge in [-0.05, 0) is 0 Å². The standard InChI is InChI=1S/C27H15BrSe3/c1-29-25-13-23-15-27-19(5-7-31-27)11-21(23)9-17(25)3-2-16-8-20-10-18-4-6-30-26(18)14-22(20)12-24(16)28/h4-15H,1H3. The number of hydrogen-bond donors (Lipinski definition) is 0. The molecular weight excluding hydrogens is 641 g/mol. The molecule has 2 aromatic heterocycles. The average molecular weight is 656 g/mol. The van der Waals surface area contributed by atoms with Crippen molar-refractivity contribution < 1.29 is 0 Å². The van der Waals surface area contributed by atoms with Crippen molar-refractivity contribution in [1.82, 2.24) is 0 Å². The van der Waals surface area contributed by atoms with Crippen LogP contribution >= 0.6 is 15.9 Å². The van der Waals surface area contributed by atoms with Crippen LogP contribution in [0.5, 0.6) is 0 Å². The summed E-state index contributed by atoms with van der Waals surface area (Å²) in [5, 5.41) is 7.93. The molecule has 0 bridgehead atoms. The van der Waals surface area contributed by atoms with E-state index in [-0.39, 0.29) is 0 Å². The number of benzene rings is 4. The predicted octanol–water partition coefficient (Wildman–Crippen LogP) is 5.95. The zero-order valence-electron chi connectivity index (χ0n) is 16.5. The van der Waals surface area contributed by atoms with Crippen LogP contribution in [-0.2, 0) is 0 Å². The Hall–Kier alpha value is -1.52. The summed E-state index contributed by atoms with van der Waals surface area (Å²) in [5.41, 5.74) is 2.21. The monoisotopic (exact) mass is 658 g/mol. The topological polar surface area (TPSA) is 0 Å². The summed E-state index contributed by atoms with van der Waals surface area (Å²) in [6.45, 7) is 0. The molecule has 0 atom stereocenters. The molecule has 148 valence electrons. The van der Waals surface area contributed by atoms with E-state index in [1.54, 1.807) is 0 Å². The van der Waals surface area contributed by atoms with Gasteiger partial charge in [-0.2, -0.15) is 0 Å². The molecule has 0 nitrogen and oxygen atoms in total. The molecule has 0 saturated carbocycles. The molecule has 4 aromatic carbocycles. The normalized spacial score (nSPS) is 11.4. The van der Waals surface area contributed by atoms with Crippen LogP contribution in [0, 0.1) is 11.8 Å². The van der Waals surface area contributed by atoms with Gasteiger partial charge in [-0.25, -0.2) is 0 Å². The summed E-state index contributed by atoms with van der Waals surface area (Å²) >= 11 is 5.12. The quantitative estimate of drug-likeness (QED) is 0.152. The fourth-order valence-corrected chi connectivity index (χ4v) is 9.07. The van der Waals surface area contributed by atoms with E-state index in [0.717, 1.165) is 15.6 Å². The third kappa shape index (κ3) is 3.70. The zero-order chi connectivity index (χ0) is 20.9. The maximum atomic E-state index is 3.77. The summed E-state index contributed by atoms with van der Waals surface area (Å²) in [5.74, 6) is 9.26. The molecule has 2 heterocycles. The number of fused-ring (bicyclic) bond motifs is 4. The van der Waals surface area contributed by atoms with Gasteiger partial charge < -0.3 is 0 Å². The van der Waals surface area contributed by atoms with Crippen molar-refractivity contribution in [1.29, 1.82) is 0 Å². The Balaban J connectivity index is 1.49. The second kappa shape index (κ2) is 8.11. The fraction of sp³-hybridized carbons (Fsp3) is 0.0370. The van der Waals surface area contributed by atoms with Gasteiger partial charge in [0.2, 0.25) is 0 Å². The van der Waals surface area contributed by atoms with Crippen molar-refractivity contribution in [2.75, 3.05) is 0 Å². The van der Waals surface area contributed by atoms with E-state index in [1.807, 2.05) is 0 Å². The van der Waals surface area contributed by atoms with Gasteiger partial charge in [-0.15, -0.1) is 0 Å². The molecule has 0 aliphatic rings. The Kier molecular flexibility index (Phi) is 5.26. The minimum atomic E-state index is 0.399. The van der Waals surface area contributed by atoms with Gasteiger partial charge in [0.1, 0.15) is 0 Å². The van der Waals surface area contributed by atoms with Crippen LogP contribution in [0.2, 0.25) is 5.82 Å². The molecule has 6 aromatic rings. The molecule has 0 fully saturated rings. The molecule has 4 heteroatoms. The van der Waals surface area contributed by atoms with Crippen molar-refractivity contribution in [3.05, 3.63) is 86.1 Å². The molecule has 6 rings (SSSR count). The Morgan fingerprint density at radius 3 is 1.84 bits per heavy atom. The first-order valence-corrected chi connectivity index (χ1v) is 16.8. The van der Waals surface area contributed by atoms with Gasteiger partial charge in [0.25, 0.3) is 0 Å². The molecule has 0 unspecified atom stereocenters. The average Bonchev–Trinajstić information content (AvgIpc) is 3.42. The Labute approximate surface area is 207 Å². The zero-order valence-corrected chi connectivity index (χ0v) is 23.3. The van der Waals surface area contributed by atoms with E-state index in [4.69, 9.17) is 0 Å². The Morgan fingerprint density at radius 2 is 1.19 bits per heavy atom. The van der Waals surface area contributed by atoms with E-state index >= 15 is 0 Å². The molecule has 0 saturated heterocycles. The molecule has 0 amide bonds. The van der Waals surface area contributed by atoms with Crippen LogP contribution in [0.1, 0.15) is 11.1 Å². The van der Waals surface area contributed by atoms with Crippen molar-refractivity contribution >= 4 is 105 Å². The Bertz CT molecular complexity index is 1690. The summed E-state index contributed by atoms with van der Waals surface area (Å²) < 4.78 is 5.42. The number of halogens is 1. The van der Waals surface area contributed by atoms with E-state index in [0.29, 0.717) is 44.0 Å². The van der Waals surface area contributed by atoms with Gasteiger partial charge in [-0.3, -0.25) is 0 Å². The first-order valence-electron chi connectivity index (χ1n) is 9.79. The predicted molar refractivity (Wildman–Crippen MR) is 142 cm³/mol. The molecule has 0 aliphatic carbocycles. The summed E-state index contributed by atoms with van der Waals surface area (Å²) in [6, 6.07) is 23.0. The minimum absolute atomic E-state index is 0.399. The second-order valence-corrected chi connectivity index (χ2v) is 14.1. The van der Waals surface area contributed by atoms with Crippen LogP contribution in [0.25, 0.3) is 40.8 Å². The van der Waals surface area contributed by atoms with Gasteiger partial charge in [0, 0.05) is 0 Å². The molecule has 0 radical (unpaired) electrons. The van der Waals surface area contributed by atoms with Crippen molar-refractivity contribution in [2.24, 2.45) is 0 Å². The fourth-order valence-electron chi connectivity index (χ4n) is 3.97. The van der Waals surface area contributed by atoms with Crippen LogP contribution in [0.15, 0.2) is 75.0 Å². The van der Waals surface area contributed by atoms with Crippen LogP contribution < -0.4 is 4.46 Å². The third-order valence-corrected chi connectivity index (χ3v) is 11.5. The summed E-state index contributed by atoms with van der Waals surface area (Å²) in [7, 11) is 0. The SMILES string of the molecule is C[Se]c1cc2cc3[se]ccc3cc2cc1C#Cc1cc2cc3cc[se]c3cc2cc1Br. The molecular formula is C27H15BrSe3. The van der Waals surface area contributed by atoms with E-state index in [2.05, 4.69) is 104 Å². The van der Waals surface area contributed by atoms with E-state index in [9.17, 15) is 0 Å². The van der Waals surface area contributed by atoms with Gasteiger partial charge in [0.05, 0.1) is 0 Å². The van der Waals surface area contributed by atoms with Crippen molar-refractivity contribution in [2.45, 2.75) is 5.82 Å². The number of rotatable bonds is 1. The van der Waals surface area contributed by atoms with Crippen LogP contribution in [0.3, 0.4) is 0 Å². The van der Waals surface area contributed by atoms with Crippen LogP contribution in [-0.4, -0.2) is 44.0 Å². The molecule has 0 spiro atoms. The van der Waals surface area contributed by atoms with Gasteiger partial charge in [-0.1, -0.05) is 0 Å².